The first-order chi connectivity index (χ1) is 14.4. The first kappa shape index (κ1) is 21.4. The molecule has 0 fully saturated rings. The van der Waals surface area contributed by atoms with Crippen molar-refractivity contribution in [3.8, 4) is 11.5 Å². The summed E-state index contributed by atoms with van der Waals surface area (Å²) in [5.41, 5.74) is 1.31. The molecule has 3 aromatic rings. The Bertz CT molecular complexity index is 1160. The smallest absolute Gasteiger partial charge is 0.271 e. The van der Waals surface area contributed by atoms with Gasteiger partial charge in [-0.05, 0) is 41.8 Å². The minimum atomic E-state index is -3.73. The average Bonchev–Trinajstić information content (AvgIpc) is 3.29. The monoisotopic (exact) mass is 444 g/mol. The van der Waals surface area contributed by atoms with Gasteiger partial charge in [0.15, 0.2) is 0 Å². The van der Waals surface area contributed by atoms with E-state index in [4.69, 9.17) is 9.47 Å². The van der Waals surface area contributed by atoms with Gasteiger partial charge >= 0.3 is 0 Å². The number of hydrogen-bond acceptors (Lipinski definition) is 6. The molecule has 0 saturated heterocycles. The van der Waals surface area contributed by atoms with Gasteiger partial charge in [-0.2, -0.15) is 0 Å². The van der Waals surface area contributed by atoms with Crippen LogP contribution in [0.25, 0.3) is 6.08 Å². The predicted molar refractivity (Wildman–Crippen MR) is 119 cm³/mol. The summed E-state index contributed by atoms with van der Waals surface area (Å²) < 4.78 is 38.1. The normalized spacial score (nSPS) is 11.3. The van der Waals surface area contributed by atoms with E-state index in [1.807, 2.05) is 0 Å². The molecule has 0 aliphatic heterocycles. The number of anilines is 2. The van der Waals surface area contributed by atoms with Gasteiger partial charge in [0.1, 0.15) is 15.7 Å². The number of carbonyl (C=O) groups is 1. The first-order valence-corrected chi connectivity index (χ1v) is 11.2. The number of amides is 1. The maximum atomic E-state index is 12.5. The van der Waals surface area contributed by atoms with Crippen molar-refractivity contribution in [3.05, 3.63) is 71.6 Å². The number of sulfonamides is 1. The van der Waals surface area contributed by atoms with Crippen LogP contribution in [-0.2, 0) is 14.8 Å². The molecule has 30 heavy (non-hydrogen) atoms. The van der Waals surface area contributed by atoms with Crippen LogP contribution in [0.2, 0.25) is 0 Å². The van der Waals surface area contributed by atoms with Crippen molar-refractivity contribution in [2.24, 2.45) is 0 Å². The molecule has 1 aromatic heterocycles. The Morgan fingerprint density at radius 3 is 2.43 bits per heavy atom. The highest BCUT2D eigenvalue weighted by molar-refractivity contribution is 7.94. The minimum absolute atomic E-state index is 0.190. The summed E-state index contributed by atoms with van der Waals surface area (Å²) in [6.07, 6.45) is 2.95. The van der Waals surface area contributed by atoms with Crippen LogP contribution in [0.4, 0.5) is 11.4 Å². The second-order valence-corrected chi connectivity index (χ2v) is 8.87. The molecule has 1 heterocycles. The third-order valence-corrected chi connectivity index (χ3v) is 6.81. The van der Waals surface area contributed by atoms with Gasteiger partial charge in [-0.1, -0.05) is 18.2 Å². The number of benzene rings is 2. The van der Waals surface area contributed by atoms with Gasteiger partial charge in [0.25, 0.3) is 10.0 Å². The summed E-state index contributed by atoms with van der Waals surface area (Å²) >= 11 is 1.11. The molecule has 3 rings (SSSR count). The summed E-state index contributed by atoms with van der Waals surface area (Å²) in [7, 11) is -0.641. The number of rotatable bonds is 8. The third-order valence-electron chi connectivity index (χ3n) is 4.04. The molecule has 0 aliphatic carbocycles. The predicted octanol–water partition coefficient (Wildman–Crippen LogP) is 4.22. The van der Waals surface area contributed by atoms with Gasteiger partial charge in [0.2, 0.25) is 5.91 Å². The standard InChI is InChI=1S/C21H20N2O5S2/c1-27-16-11-9-15(19(14-16)28-2)10-12-20(24)22-17-6-3-4-7-18(17)23-30(25,26)21-8-5-13-29-21/h3-14,23H,1-2H3,(H,22,24)/b12-10+. The number of thiophene rings is 1. The van der Waals surface area contributed by atoms with E-state index in [2.05, 4.69) is 10.0 Å². The van der Waals surface area contributed by atoms with Gasteiger partial charge < -0.3 is 14.8 Å². The van der Waals surface area contributed by atoms with Crippen molar-refractivity contribution >= 4 is 44.7 Å². The van der Waals surface area contributed by atoms with Crippen LogP contribution in [0.15, 0.2) is 70.3 Å². The van der Waals surface area contributed by atoms with Gasteiger partial charge in [-0.25, -0.2) is 8.42 Å². The summed E-state index contributed by atoms with van der Waals surface area (Å²) in [5, 5.41) is 4.37. The molecular formula is C21H20N2O5S2. The first-order valence-electron chi connectivity index (χ1n) is 8.79. The highest BCUT2D eigenvalue weighted by Crippen LogP contribution is 2.27. The van der Waals surface area contributed by atoms with E-state index in [1.165, 1.54) is 19.3 Å². The Hall–Kier alpha value is -3.30. The highest BCUT2D eigenvalue weighted by Gasteiger charge is 2.17. The molecule has 9 heteroatoms. The van der Waals surface area contributed by atoms with Crippen molar-refractivity contribution in [3.63, 3.8) is 0 Å². The fourth-order valence-corrected chi connectivity index (χ4v) is 4.66. The van der Waals surface area contributed by atoms with Gasteiger partial charge in [0.05, 0.1) is 25.6 Å². The van der Waals surface area contributed by atoms with Crippen LogP contribution in [0.5, 0.6) is 11.5 Å². The lowest BCUT2D eigenvalue weighted by molar-refractivity contribution is -0.111. The zero-order chi connectivity index (χ0) is 21.6. The maximum Gasteiger partial charge on any atom is 0.271 e. The van der Waals surface area contributed by atoms with E-state index in [0.29, 0.717) is 22.7 Å². The Labute approximate surface area is 179 Å². The van der Waals surface area contributed by atoms with Crippen LogP contribution >= 0.6 is 11.3 Å². The zero-order valence-corrected chi connectivity index (χ0v) is 17.9. The largest absolute Gasteiger partial charge is 0.497 e. The van der Waals surface area contributed by atoms with Crippen LogP contribution in [0.1, 0.15) is 5.56 Å². The summed E-state index contributed by atoms with van der Waals surface area (Å²) in [5.74, 6) is 0.776. The maximum absolute atomic E-state index is 12.5. The molecule has 0 saturated carbocycles. The number of para-hydroxylation sites is 2. The van der Waals surface area contributed by atoms with Crippen LogP contribution in [0, 0.1) is 0 Å². The molecule has 2 aromatic carbocycles. The van der Waals surface area contributed by atoms with Crippen molar-refractivity contribution < 1.29 is 22.7 Å². The number of methoxy groups -OCH3 is 2. The van der Waals surface area contributed by atoms with Crippen LogP contribution < -0.4 is 19.5 Å². The average molecular weight is 445 g/mol. The Morgan fingerprint density at radius 2 is 1.77 bits per heavy atom. The zero-order valence-electron chi connectivity index (χ0n) is 16.3. The van der Waals surface area contributed by atoms with E-state index in [-0.39, 0.29) is 9.90 Å². The summed E-state index contributed by atoms with van der Waals surface area (Å²) in [6, 6.07) is 15.0. The second-order valence-electron chi connectivity index (χ2n) is 6.01. The molecular weight excluding hydrogens is 424 g/mol. The lowest BCUT2D eigenvalue weighted by Gasteiger charge is -2.12. The van der Waals surface area contributed by atoms with E-state index >= 15 is 0 Å². The fraction of sp³-hybridized carbons (Fsp3) is 0.0952. The van der Waals surface area contributed by atoms with Gasteiger partial charge in [-0.3, -0.25) is 9.52 Å². The van der Waals surface area contributed by atoms with Gasteiger partial charge in [0, 0.05) is 17.7 Å². The molecule has 0 radical (unpaired) electrons. The lowest BCUT2D eigenvalue weighted by Crippen LogP contribution is -2.15. The third kappa shape index (κ3) is 5.19. The number of carbonyl (C=O) groups excluding carboxylic acids is 1. The molecule has 0 aliphatic rings. The molecule has 0 atom stereocenters. The molecule has 0 unspecified atom stereocenters. The molecule has 0 spiro atoms. The summed E-state index contributed by atoms with van der Waals surface area (Å²) in [4.78, 5) is 12.4. The summed E-state index contributed by atoms with van der Waals surface area (Å²) in [6.45, 7) is 0. The molecule has 0 bridgehead atoms. The Morgan fingerprint density at radius 1 is 1.00 bits per heavy atom. The van der Waals surface area contributed by atoms with Crippen LogP contribution in [-0.4, -0.2) is 28.5 Å². The quantitative estimate of drug-likeness (QED) is 0.508. The van der Waals surface area contributed by atoms with Crippen molar-refractivity contribution in [1.82, 2.24) is 0 Å². The minimum Gasteiger partial charge on any atom is -0.497 e. The lowest BCUT2D eigenvalue weighted by atomic mass is 10.1. The van der Waals surface area contributed by atoms with Crippen LogP contribution in [0.3, 0.4) is 0 Å². The highest BCUT2D eigenvalue weighted by atomic mass is 32.2. The van der Waals surface area contributed by atoms with Crippen molar-refractivity contribution in [1.29, 1.82) is 0 Å². The van der Waals surface area contributed by atoms with Gasteiger partial charge in [-0.15, -0.1) is 11.3 Å². The van der Waals surface area contributed by atoms with Crippen molar-refractivity contribution in [2.75, 3.05) is 24.3 Å². The molecule has 7 nitrogen and oxygen atoms in total. The Balaban J connectivity index is 1.76. The van der Waals surface area contributed by atoms with E-state index in [9.17, 15) is 13.2 Å². The number of nitrogens with one attached hydrogen (secondary N) is 2. The second kappa shape index (κ2) is 9.47. The molecule has 1 amide bonds. The fourth-order valence-electron chi connectivity index (χ4n) is 2.59. The van der Waals surface area contributed by atoms with E-state index in [0.717, 1.165) is 11.3 Å². The SMILES string of the molecule is COc1ccc(/C=C/C(=O)Nc2ccccc2NS(=O)(=O)c2cccs2)c(OC)c1. The molecule has 2 N–H and O–H groups in total. The Kier molecular flexibility index (Phi) is 6.76. The number of ether oxygens (including phenoxy) is 2. The number of hydrogen-bond donors (Lipinski definition) is 2. The van der Waals surface area contributed by atoms with E-state index in [1.54, 1.807) is 67.1 Å². The molecule has 156 valence electrons. The van der Waals surface area contributed by atoms with Crippen molar-refractivity contribution in [2.45, 2.75) is 4.21 Å². The topological polar surface area (TPSA) is 93.7 Å². The van der Waals surface area contributed by atoms with E-state index < -0.39 is 15.9 Å².